The molecule has 0 spiro atoms. The Morgan fingerprint density at radius 2 is 1.28 bits per heavy atom. The molecule has 0 aliphatic heterocycles. The molecule has 3 aromatic rings. The largest absolute Gasteiger partial charge is 0.378 e. The van der Waals surface area contributed by atoms with Gasteiger partial charge < -0.3 is 9.80 Å². The topological polar surface area (TPSA) is 60.9 Å². The van der Waals surface area contributed by atoms with Crippen molar-refractivity contribution < 1.29 is 13.2 Å². The standard InChI is InChI=1S/C25H29N3O3S/c1-19-6-16-24(17-7-19)32(30,31)28(5)23-14-10-21(11-15-23)25(29)27(4)18-20-8-12-22(13-9-20)26(2)3/h6-17H,18H2,1-5H3. The number of benzene rings is 3. The van der Waals surface area contributed by atoms with Gasteiger partial charge in [-0.3, -0.25) is 9.10 Å². The van der Waals surface area contributed by atoms with Crippen molar-refractivity contribution in [2.75, 3.05) is 37.4 Å². The highest BCUT2D eigenvalue weighted by Crippen LogP contribution is 2.23. The van der Waals surface area contributed by atoms with E-state index in [1.807, 2.05) is 50.2 Å². The first kappa shape index (κ1) is 23.3. The molecular weight excluding hydrogens is 422 g/mol. The van der Waals surface area contributed by atoms with Crippen molar-refractivity contribution in [3.63, 3.8) is 0 Å². The zero-order valence-corrected chi connectivity index (χ0v) is 19.9. The van der Waals surface area contributed by atoms with Crippen LogP contribution in [0.5, 0.6) is 0 Å². The molecule has 3 rings (SSSR count). The fraction of sp³-hybridized carbons (Fsp3) is 0.240. The van der Waals surface area contributed by atoms with E-state index in [2.05, 4.69) is 0 Å². The van der Waals surface area contributed by atoms with Crippen molar-refractivity contribution in [1.29, 1.82) is 0 Å². The van der Waals surface area contributed by atoms with Crippen molar-refractivity contribution in [1.82, 2.24) is 4.90 Å². The molecule has 0 saturated heterocycles. The minimum Gasteiger partial charge on any atom is -0.378 e. The fourth-order valence-corrected chi connectivity index (χ4v) is 4.48. The molecule has 0 bridgehead atoms. The summed E-state index contributed by atoms with van der Waals surface area (Å²) in [5.41, 5.74) is 4.12. The zero-order chi connectivity index (χ0) is 23.5. The number of aryl methyl sites for hydroxylation is 1. The van der Waals surface area contributed by atoms with Crippen LogP contribution in [0.15, 0.2) is 77.7 Å². The summed E-state index contributed by atoms with van der Waals surface area (Å²) < 4.78 is 27.0. The van der Waals surface area contributed by atoms with Crippen LogP contribution in [0.4, 0.5) is 11.4 Å². The molecule has 0 aliphatic carbocycles. The second-order valence-electron chi connectivity index (χ2n) is 8.05. The van der Waals surface area contributed by atoms with Crippen molar-refractivity contribution in [3.05, 3.63) is 89.5 Å². The summed E-state index contributed by atoms with van der Waals surface area (Å²) >= 11 is 0. The monoisotopic (exact) mass is 451 g/mol. The molecule has 168 valence electrons. The second kappa shape index (κ2) is 9.44. The summed E-state index contributed by atoms with van der Waals surface area (Å²) in [5, 5.41) is 0. The summed E-state index contributed by atoms with van der Waals surface area (Å²) in [6.45, 7) is 2.39. The lowest BCUT2D eigenvalue weighted by Gasteiger charge is -2.21. The highest BCUT2D eigenvalue weighted by molar-refractivity contribution is 7.92. The lowest BCUT2D eigenvalue weighted by Crippen LogP contribution is -2.27. The molecule has 3 aromatic carbocycles. The number of hydrogen-bond donors (Lipinski definition) is 0. The normalized spacial score (nSPS) is 11.2. The molecule has 0 aliphatic rings. The third-order valence-corrected chi connectivity index (χ3v) is 7.18. The van der Waals surface area contributed by atoms with Crippen molar-refractivity contribution >= 4 is 27.3 Å². The molecule has 0 aromatic heterocycles. The highest BCUT2D eigenvalue weighted by atomic mass is 32.2. The van der Waals surface area contributed by atoms with Crippen molar-refractivity contribution in [2.45, 2.75) is 18.4 Å². The van der Waals surface area contributed by atoms with Crippen LogP contribution in [0.1, 0.15) is 21.5 Å². The third kappa shape index (κ3) is 5.11. The third-order valence-electron chi connectivity index (χ3n) is 5.38. The smallest absolute Gasteiger partial charge is 0.264 e. The highest BCUT2D eigenvalue weighted by Gasteiger charge is 2.21. The number of rotatable bonds is 7. The molecule has 0 fully saturated rings. The predicted molar refractivity (Wildman–Crippen MR) is 130 cm³/mol. The van der Waals surface area contributed by atoms with Crippen LogP contribution < -0.4 is 9.21 Å². The van der Waals surface area contributed by atoms with Gasteiger partial charge in [-0.2, -0.15) is 0 Å². The molecule has 0 atom stereocenters. The maximum absolute atomic E-state index is 12.9. The van der Waals surface area contributed by atoms with Crippen LogP contribution in [-0.2, 0) is 16.6 Å². The SMILES string of the molecule is Cc1ccc(S(=O)(=O)N(C)c2ccc(C(=O)N(C)Cc3ccc(N(C)C)cc3)cc2)cc1. The Morgan fingerprint density at radius 3 is 1.81 bits per heavy atom. The Labute approximate surface area is 190 Å². The number of amides is 1. The van der Waals surface area contributed by atoms with E-state index in [1.54, 1.807) is 60.5 Å². The first-order valence-electron chi connectivity index (χ1n) is 10.3. The number of sulfonamides is 1. The summed E-state index contributed by atoms with van der Waals surface area (Å²) in [6.07, 6.45) is 0. The van der Waals surface area contributed by atoms with E-state index in [0.29, 0.717) is 17.8 Å². The molecule has 0 saturated carbocycles. The van der Waals surface area contributed by atoms with Crippen LogP contribution in [0.3, 0.4) is 0 Å². The van der Waals surface area contributed by atoms with Gasteiger partial charge in [-0.15, -0.1) is 0 Å². The Hall–Kier alpha value is -3.32. The quantitative estimate of drug-likeness (QED) is 0.541. The molecule has 1 amide bonds. The van der Waals surface area contributed by atoms with E-state index in [1.165, 1.54) is 11.4 Å². The van der Waals surface area contributed by atoms with Gasteiger partial charge >= 0.3 is 0 Å². The minimum atomic E-state index is -3.67. The van der Waals surface area contributed by atoms with Gasteiger partial charge in [0.1, 0.15) is 0 Å². The average Bonchev–Trinajstić information content (AvgIpc) is 2.78. The number of anilines is 2. The Balaban J connectivity index is 1.71. The van der Waals surface area contributed by atoms with Gasteiger partial charge in [0.15, 0.2) is 0 Å². The molecule has 0 unspecified atom stereocenters. The van der Waals surface area contributed by atoms with Gasteiger partial charge in [-0.1, -0.05) is 29.8 Å². The number of carbonyl (C=O) groups excluding carboxylic acids is 1. The number of nitrogens with zero attached hydrogens (tertiary/aromatic N) is 3. The summed E-state index contributed by atoms with van der Waals surface area (Å²) in [4.78, 5) is 16.7. The summed E-state index contributed by atoms with van der Waals surface area (Å²) in [7, 11) is 3.56. The Morgan fingerprint density at radius 1 is 0.750 bits per heavy atom. The van der Waals surface area contributed by atoms with Gasteiger partial charge in [-0.05, 0) is 61.0 Å². The van der Waals surface area contributed by atoms with Gasteiger partial charge in [0.05, 0.1) is 10.6 Å². The summed E-state index contributed by atoms with van der Waals surface area (Å²) in [6, 6.07) is 21.4. The summed E-state index contributed by atoms with van der Waals surface area (Å²) in [5.74, 6) is -0.128. The second-order valence-corrected chi connectivity index (χ2v) is 10.0. The van der Waals surface area contributed by atoms with Crippen LogP contribution in [-0.4, -0.2) is 47.4 Å². The molecule has 6 nitrogen and oxygen atoms in total. The van der Waals surface area contributed by atoms with Crippen molar-refractivity contribution in [2.24, 2.45) is 0 Å². The number of carbonyl (C=O) groups is 1. The first-order valence-corrected chi connectivity index (χ1v) is 11.7. The van der Waals surface area contributed by atoms with Gasteiger partial charge in [0, 0.05) is 46.0 Å². The van der Waals surface area contributed by atoms with Gasteiger partial charge in [0.2, 0.25) is 0 Å². The molecular formula is C25H29N3O3S. The van der Waals surface area contributed by atoms with Crippen LogP contribution in [0, 0.1) is 6.92 Å². The zero-order valence-electron chi connectivity index (χ0n) is 19.1. The Kier molecular flexibility index (Phi) is 6.89. The van der Waals surface area contributed by atoms with Gasteiger partial charge in [0.25, 0.3) is 15.9 Å². The van der Waals surface area contributed by atoms with Crippen molar-refractivity contribution in [3.8, 4) is 0 Å². The molecule has 0 N–H and O–H groups in total. The lowest BCUT2D eigenvalue weighted by atomic mass is 10.1. The molecule has 32 heavy (non-hydrogen) atoms. The van der Waals surface area contributed by atoms with Crippen LogP contribution in [0.2, 0.25) is 0 Å². The van der Waals surface area contributed by atoms with E-state index in [9.17, 15) is 13.2 Å². The maximum atomic E-state index is 12.9. The van der Waals surface area contributed by atoms with E-state index >= 15 is 0 Å². The average molecular weight is 452 g/mol. The van der Waals surface area contributed by atoms with Crippen LogP contribution >= 0.6 is 0 Å². The Bertz CT molecular complexity index is 1170. The van der Waals surface area contributed by atoms with Gasteiger partial charge in [-0.25, -0.2) is 8.42 Å². The maximum Gasteiger partial charge on any atom is 0.264 e. The van der Waals surface area contributed by atoms with E-state index in [0.717, 1.165) is 16.8 Å². The van der Waals surface area contributed by atoms with E-state index < -0.39 is 10.0 Å². The fourth-order valence-electron chi connectivity index (χ4n) is 3.29. The van der Waals surface area contributed by atoms with Crippen LogP contribution in [0.25, 0.3) is 0 Å². The molecule has 0 heterocycles. The van der Waals surface area contributed by atoms with E-state index in [4.69, 9.17) is 0 Å². The van der Waals surface area contributed by atoms with E-state index in [-0.39, 0.29) is 10.8 Å². The lowest BCUT2D eigenvalue weighted by molar-refractivity contribution is 0.0785. The molecule has 0 radical (unpaired) electrons. The predicted octanol–water partition coefficient (Wildman–Crippen LogP) is 4.16. The minimum absolute atomic E-state index is 0.128. The molecule has 7 heteroatoms. The number of hydrogen-bond acceptors (Lipinski definition) is 4. The first-order chi connectivity index (χ1) is 15.1.